The molecule has 21 heavy (non-hydrogen) atoms. The monoisotopic (exact) mass is 296 g/mol. The number of hydrogen-bond acceptors (Lipinski definition) is 5. The van der Waals surface area contributed by atoms with Crippen LogP contribution in [0, 0.1) is 15.9 Å². The average Bonchev–Trinajstić information content (AvgIpc) is 2.43. The van der Waals surface area contributed by atoms with Gasteiger partial charge in [-0.15, -0.1) is 0 Å². The first-order valence-electron chi connectivity index (χ1n) is 6.19. The summed E-state index contributed by atoms with van der Waals surface area (Å²) in [7, 11) is 0. The third-order valence-corrected chi connectivity index (χ3v) is 3.16. The number of anilines is 1. The molecule has 112 valence electrons. The summed E-state index contributed by atoms with van der Waals surface area (Å²) in [4.78, 5) is 33.1. The predicted molar refractivity (Wildman–Crippen MR) is 71.0 cm³/mol. The minimum atomic E-state index is -0.955. The van der Waals surface area contributed by atoms with Gasteiger partial charge in [0.2, 0.25) is 5.91 Å². The predicted octanol–water partition coefficient (Wildman–Crippen LogP) is 0.324. The maximum absolute atomic E-state index is 13.3. The number of hydrogen-bond donors (Lipinski definition) is 3. The quantitative estimate of drug-likeness (QED) is 0.420. The van der Waals surface area contributed by atoms with Gasteiger partial charge in [0.05, 0.1) is 16.7 Å². The van der Waals surface area contributed by atoms with E-state index in [-0.39, 0.29) is 36.2 Å². The lowest BCUT2D eigenvalue weighted by Gasteiger charge is -2.23. The van der Waals surface area contributed by atoms with E-state index in [0.29, 0.717) is 12.5 Å². The zero-order valence-corrected chi connectivity index (χ0v) is 10.9. The highest BCUT2D eigenvalue weighted by Gasteiger charge is 2.26. The van der Waals surface area contributed by atoms with Crippen molar-refractivity contribution in [3.63, 3.8) is 0 Å². The van der Waals surface area contributed by atoms with E-state index in [0.717, 1.165) is 6.07 Å². The van der Waals surface area contributed by atoms with Crippen molar-refractivity contribution in [2.75, 3.05) is 12.3 Å². The second-order valence-corrected chi connectivity index (χ2v) is 4.66. The summed E-state index contributed by atoms with van der Waals surface area (Å²) in [5.74, 6) is -1.80. The molecule has 0 aliphatic carbocycles. The van der Waals surface area contributed by atoms with Crippen LogP contribution >= 0.6 is 0 Å². The minimum Gasteiger partial charge on any atom is -0.396 e. The van der Waals surface area contributed by atoms with Crippen molar-refractivity contribution in [1.82, 2.24) is 10.6 Å². The Bertz CT molecular complexity index is 610. The second-order valence-electron chi connectivity index (χ2n) is 4.66. The molecular formula is C12H13FN4O4. The normalized spacial score (nSPS) is 18.0. The lowest BCUT2D eigenvalue weighted by atomic mass is 10.1. The molecule has 0 bridgehead atoms. The van der Waals surface area contributed by atoms with Crippen molar-refractivity contribution >= 4 is 23.2 Å². The van der Waals surface area contributed by atoms with E-state index in [1.54, 1.807) is 0 Å². The number of nitrogens with zero attached hydrogens (tertiary/aromatic N) is 1. The Morgan fingerprint density at radius 2 is 2.24 bits per heavy atom. The first-order valence-corrected chi connectivity index (χ1v) is 6.19. The number of nitrogens with one attached hydrogen (secondary N) is 2. The number of rotatable bonds is 3. The first kappa shape index (κ1) is 14.7. The van der Waals surface area contributed by atoms with Crippen LogP contribution in [0.3, 0.4) is 0 Å². The molecule has 2 rings (SSSR count). The van der Waals surface area contributed by atoms with Crippen LogP contribution in [0.2, 0.25) is 0 Å². The Kier molecular flexibility index (Phi) is 4.01. The van der Waals surface area contributed by atoms with Crippen LogP contribution in [0.4, 0.5) is 15.8 Å². The number of carbonyl (C=O) groups is 2. The summed E-state index contributed by atoms with van der Waals surface area (Å²) in [5, 5.41) is 16.0. The summed E-state index contributed by atoms with van der Waals surface area (Å²) in [6.07, 6.45) is 0.695. The van der Waals surface area contributed by atoms with Crippen LogP contribution in [0.5, 0.6) is 0 Å². The second kappa shape index (κ2) is 5.73. The summed E-state index contributed by atoms with van der Waals surface area (Å²) in [6, 6.07) is 1.22. The van der Waals surface area contributed by atoms with Gasteiger partial charge in [-0.05, 0) is 12.5 Å². The number of nitro benzene ring substituents is 1. The largest absolute Gasteiger partial charge is 0.396 e. The van der Waals surface area contributed by atoms with Gasteiger partial charge >= 0.3 is 0 Å². The van der Waals surface area contributed by atoms with Crippen molar-refractivity contribution in [1.29, 1.82) is 0 Å². The number of piperidine rings is 1. The number of nitro groups is 1. The van der Waals surface area contributed by atoms with Crippen LogP contribution < -0.4 is 16.4 Å². The fourth-order valence-electron chi connectivity index (χ4n) is 2.03. The third-order valence-electron chi connectivity index (χ3n) is 3.16. The molecule has 1 atom stereocenters. The minimum absolute atomic E-state index is 0.113. The lowest BCUT2D eigenvalue weighted by molar-refractivity contribution is -0.385. The standard InChI is InChI=1S/C12H13FN4O4/c13-8-4-10(17(20)21)7(3-9(8)14)12(19)16-6-1-2-11(18)15-5-6/h3-4,6H,1-2,5,14H2,(H,15,18)(H,16,19). The molecule has 4 N–H and O–H groups in total. The molecular weight excluding hydrogens is 283 g/mol. The fourth-order valence-corrected chi connectivity index (χ4v) is 2.03. The Balaban J connectivity index is 2.20. The number of nitrogen functional groups attached to an aromatic ring is 1. The van der Waals surface area contributed by atoms with Gasteiger partial charge in [0.15, 0.2) is 5.82 Å². The van der Waals surface area contributed by atoms with E-state index >= 15 is 0 Å². The van der Waals surface area contributed by atoms with E-state index in [2.05, 4.69) is 10.6 Å². The molecule has 2 amide bonds. The molecule has 8 nitrogen and oxygen atoms in total. The van der Waals surface area contributed by atoms with Crippen molar-refractivity contribution in [3.8, 4) is 0 Å². The van der Waals surface area contributed by atoms with Gasteiger partial charge < -0.3 is 16.4 Å². The van der Waals surface area contributed by atoms with Crippen LogP contribution in [0.1, 0.15) is 23.2 Å². The molecule has 1 aromatic rings. The average molecular weight is 296 g/mol. The van der Waals surface area contributed by atoms with Gasteiger partial charge in [0, 0.05) is 19.0 Å². The smallest absolute Gasteiger partial charge is 0.285 e. The third kappa shape index (κ3) is 3.25. The van der Waals surface area contributed by atoms with Gasteiger partial charge in [0.1, 0.15) is 5.56 Å². The molecule has 1 fully saturated rings. The molecule has 0 saturated carbocycles. The zero-order valence-electron chi connectivity index (χ0n) is 10.9. The highest BCUT2D eigenvalue weighted by molar-refractivity contribution is 5.99. The van der Waals surface area contributed by atoms with Crippen LogP contribution in [0.25, 0.3) is 0 Å². The molecule has 1 heterocycles. The van der Waals surface area contributed by atoms with Crippen LogP contribution in [0.15, 0.2) is 12.1 Å². The number of nitrogens with two attached hydrogens (primary N) is 1. The van der Waals surface area contributed by atoms with E-state index in [4.69, 9.17) is 5.73 Å². The molecule has 1 saturated heterocycles. The van der Waals surface area contributed by atoms with Crippen LogP contribution in [-0.4, -0.2) is 29.3 Å². The molecule has 1 aliphatic rings. The maximum atomic E-state index is 13.3. The summed E-state index contributed by atoms with van der Waals surface area (Å²) >= 11 is 0. The molecule has 1 aromatic carbocycles. The molecule has 0 radical (unpaired) electrons. The van der Waals surface area contributed by atoms with Crippen molar-refractivity contribution in [3.05, 3.63) is 33.6 Å². The number of amides is 2. The summed E-state index contributed by atoms with van der Waals surface area (Å²) < 4.78 is 13.3. The SMILES string of the molecule is Nc1cc(C(=O)NC2CCC(=O)NC2)c([N+](=O)[O-])cc1F. The molecule has 0 spiro atoms. The highest BCUT2D eigenvalue weighted by atomic mass is 19.1. The van der Waals surface area contributed by atoms with E-state index < -0.39 is 22.3 Å². The first-order chi connectivity index (χ1) is 9.88. The van der Waals surface area contributed by atoms with Crippen molar-refractivity contribution in [2.24, 2.45) is 0 Å². The number of halogens is 1. The van der Waals surface area contributed by atoms with Gasteiger partial charge in [-0.3, -0.25) is 19.7 Å². The Labute approximate surface area is 118 Å². The zero-order chi connectivity index (χ0) is 15.6. The molecule has 1 aliphatic heterocycles. The summed E-state index contributed by atoms with van der Waals surface area (Å²) in [5.41, 5.74) is 4.04. The molecule has 0 aromatic heterocycles. The van der Waals surface area contributed by atoms with Crippen LogP contribution in [-0.2, 0) is 4.79 Å². The number of carbonyl (C=O) groups excluding carboxylic acids is 2. The Hall–Kier alpha value is -2.71. The number of benzene rings is 1. The summed E-state index contributed by atoms with van der Waals surface area (Å²) in [6.45, 7) is 0.245. The van der Waals surface area contributed by atoms with Gasteiger partial charge in [-0.1, -0.05) is 0 Å². The van der Waals surface area contributed by atoms with Crippen molar-refractivity contribution < 1.29 is 18.9 Å². The van der Waals surface area contributed by atoms with E-state index in [9.17, 15) is 24.1 Å². The topological polar surface area (TPSA) is 127 Å². The van der Waals surface area contributed by atoms with Gasteiger partial charge in [-0.25, -0.2) is 4.39 Å². The lowest BCUT2D eigenvalue weighted by Crippen LogP contribution is -2.47. The fraction of sp³-hybridized carbons (Fsp3) is 0.333. The maximum Gasteiger partial charge on any atom is 0.285 e. The molecule has 1 unspecified atom stereocenters. The van der Waals surface area contributed by atoms with Crippen molar-refractivity contribution in [2.45, 2.75) is 18.9 Å². The Morgan fingerprint density at radius 3 is 2.81 bits per heavy atom. The van der Waals surface area contributed by atoms with E-state index in [1.165, 1.54) is 0 Å². The molecule has 9 heteroatoms. The Morgan fingerprint density at radius 1 is 1.52 bits per heavy atom. The van der Waals surface area contributed by atoms with E-state index in [1.807, 2.05) is 0 Å². The van der Waals surface area contributed by atoms with Gasteiger partial charge in [0.25, 0.3) is 11.6 Å². The highest BCUT2D eigenvalue weighted by Crippen LogP contribution is 2.24. The van der Waals surface area contributed by atoms with Gasteiger partial charge in [-0.2, -0.15) is 0 Å².